The molecule has 0 saturated carbocycles. The average molecular weight is 336 g/mol. The molecule has 1 aliphatic heterocycles. The van der Waals surface area contributed by atoms with Crippen LogP contribution in [-0.4, -0.2) is 38.1 Å². The zero-order valence-corrected chi connectivity index (χ0v) is 13.8. The molecule has 1 aliphatic rings. The summed E-state index contributed by atoms with van der Waals surface area (Å²) in [6.45, 7) is 0.723. The summed E-state index contributed by atoms with van der Waals surface area (Å²) < 4.78 is 0. The van der Waals surface area contributed by atoms with Crippen LogP contribution in [0.3, 0.4) is 0 Å². The normalized spacial score (nSPS) is 17.2. The predicted molar refractivity (Wildman–Crippen MR) is 94.0 cm³/mol. The molecule has 4 rings (SSSR count). The second kappa shape index (κ2) is 6.49. The molecule has 1 saturated heterocycles. The molecule has 120 valence electrons. The molecule has 6 heteroatoms. The fraction of sp³-hybridized carbons (Fsp3) is 0.167. The fourth-order valence-corrected chi connectivity index (χ4v) is 4.02. The molecular weight excluding hydrogens is 320 g/mol. The van der Waals surface area contributed by atoms with Crippen molar-refractivity contribution in [2.75, 3.05) is 12.3 Å². The summed E-state index contributed by atoms with van der Waals surface area (Å²) in [5.41, 5.74) is 2.36. The molecule has 0 spiro atoms. The third-order valence-electron chi connectivity index (χ3n) is 3.93. The van der Waals surface area contributed by atoms with Gasteiger partial charge in [0.1, 0.15) is 5.37 Å². The largest absolute Gasteiger partial charge is 0.320 e. The van der Waals surface area contributed by atoms with Crippen molar-refractivity contribution in [1.29, 1.82) is 0 Å². The molecule has 5 nitrogen and oxygen atoms in total. The van der Waals surface area contributed by atoms with Gasteiger partial charge in [-0.25, -0.2) is 0 Å². The van der Waals surface area contributed by atoms with Gasteiger partial charge in [0.2, 0.25) is 0 Å². The second-order valence-electron chi connectivity index (χ2n) is 5.49. The van der Waals surface area contributed by atoms with E-state index in [1.807, 2.05) is 53.4 Å². The fourth-order valence-electron chi connectivity index (χ4n) is 2.77. The highest BCUT2D eigenvalue weighted by Crippen LogP contribution is 2.38. The molecule has 0 bridgehead atoms. The van der Waals surface area contributed by atoms with Gasteiger partial charge in [-0.1, -0.05) is 48.5 Å². The molecule has 2 aromatic carbocycles. The Morgan fingerprint density at radius 3 is 2.50 bits per heavy atom. The zero-order valence-electron chi connectivity index (χ0n) is 12.9. The topological polar surface area (TPSA) is 51.0 Å². The van der Waals surface area contributed by atoms with Crippen molar-refractivity contribution in [2.24, 2.45) is 0 Å². The lowest BCUT2D eigenvalue weighted by Crippen LogP contribution is -2.30. The van der Waals surface area contributed by atoms with Crippen molar-refractivity contribution >= 4 is 17.7 Å². The van der Waals surface area contributed by atoms with Crippen LogP contribution >= 0.6 is 11.8 Å². The maximum absolute atomic E-state index is 12.9. The van der Waals surface area contributed by atoms with Crippen LogP contribution in [0.2, 0.25) is 0 Å². The van der Waals surface area contributed by atoms with Crippen LogP contribution in [0.15, 0.2) is 66.9 Å². The van der Waals surface area contributed by atoms with Crippen LogP contribution in [0.25, 0.3) is 5.69 Å². The number of benzene rings is 2. The van der Waals surface area contributed by atoms with Crippen molar-refractivity contribution in [3.8, 4) is 5.69 Å². The van der Waals surface area contributed by atoms with Gasteiger partial charge < -0.3 is 4.90 Å². The predicted octanol–water partition coefficient (Wildman–Crippen LogP) is 3.16. The summed E-state index contributed by atoms with van der Waals surface area (Å²) in [7, 11) is 0. The average Bonchev–Trinajstić information content (AvgIpc) is 3.32. The summed E-state index contributed by atoms with van der Waals surface area (Å²) in [4.78, 5) is 16.2. The SMILES string of the molecule is O=C(c1cnn(-c2ccccc2)n1)N1CCSC1c1ccccc1. The summed E-state index contributed by atoms with van der Waals surface area (Å²) in [5.74, 6) is 0.856. The molecule has 1 fully saturated rings. The molecule has 0 radical (unpaired) electrons. The molecule has 2 heterocycles. The molecule has 1 amide bonds. The van der Waals surface area contributed by atoms with E-state index in [2.05, 4.69) is 22.3 Å². The van der Waals surface area contributed by atoms with Crippen molar-refractivity contribution in [1.82, 2.24) is 19.9 Å². The molecule has 0 N–H and O–H groups in total. The van der Waals surface area contributed by atoms with Crippen LogP contribution in [0.1, 0.15) is 21.4 Å². The summed E-state index contributed by atoms with van der Waals surface area (Å²) in [6.07, 6.45) is 1.54. The molecule has 24 heavy (non-hydrogen) atoms. The van der Waals surface area contributed by atoms with Crippen LogP contribution in [0, 0.1) is 0 Å². The van der Waals surface area contributed by atoms with Gasteiger partial charge in [-0.15, -0.1) is 16.9 Å². The highest BCUT2D eigenvalue weighted by atomic mass is 32.2. The van der Waals surface area contributed by atoms with Gasteiger partial charge in [0.15, 0.2) is 5.69 Å². The number of aromatic nitrogens is 3. The number of nitrogens with zero attached hydrogens (tertiary/aromatic N) is 4. The maximum atomic E-state index is 12.9. The number of hydrogen-bond acceptors (Lipinski definition) is 4. The smallest absolute Gasteiger partial charge is 0.277 e. The van der Waals surface area contributed by atoms with E-state index in [0.717, 1.165) is 23.5 Å². The van der Waals surface area contributed by atoms with E-state index >= 15 is 0 Å². The quantitative estimate of drug-likeness (QED) is 0.737. The molecule has 3 aromatic rings. The monoisotopic (exact) mass is 336 g/mol. The van der Waals surface area contributed by atoms with Gasteiger partial charge in [0, 0.05) is 12.3 Å². The van der Waals surface area contributed by atoms with Crippen molar-refractivity contribution < 1.29 is 4.79 Å². The summed E-state index contributed by atoms with van der Waals surface area (Å²) in [6, 6.07) is 19.7. The van der Waals surface area contributed by atoms with E-state index in [9.17, 15) is 4.79 Å². The highest BCUT2D eigenvalue weighted by Gasteiger charge is 2.32. The Kier molecular flexibility index (Phi) is 4.04. The van der Waals surface area contributed by atoms with Gasteiger partial charge in [0.25, 0.3) is 5.91 Å². The van der Waals surface area contributed by atoms with Crippen LogP contribution < -0.4 is 0 Å². The van der Waals surface area contributed by atoms with E-state index in [1.54, 1.807) is 18.0 Å². The summed E-state index contributed by atoms with van der Waals surface area (Å²) in [5, 5.41) is 8.63. The summed E-state index contributed by atoms with van der Waals surface area (Å²) >= 11 is 1.78. The molecule has 1 atom stereocenters. The number of carbonyl (C=O) groups excluding carboxylic acids is 1. The van der Waals surface area contributed by atoms with Crippen molar-refractivity contribution in [3.63, 3.8) is 0 Å². The first-order valence-electron chi connectivity index (χ1n) is 7.78. The molecule has 1 aromatic heterocycles. The first-order valence-corrected chi connectivity index (χ1v) is 8.83. The Morgan fingerprint density at radius 2 is 1.75 bits per heavy atom. The molecular formula is C18H16N4OS. The zero-order chi connectivity index (χ0) is 16.4. The minimum absolute atomic E-state index is 0.0422. The first kappa shape index (κ1) is 15.0. The lowest BCUT2D eigenvalue weighted by molar-refractivity contribution is 0.0754. The number of para-hydroxylation sites is 1. The Morgan fingerprint density at radius 1 is 1.04 bits per heavy atom. The number of thioether (sulfide) groups is 1. The number of rotatable bonds is 3. The van der Waals surface area contributed by atoms with E-state index in [-0.39, 0.29) is 11.3 Å². The van der Waals surface area contributed by atoms with Crippen LogP contribution in [0.4, 0.5) is 0 Å². The Labute approximate surface area is 144 Å². The lowest BCUT2D eigenvalue weighted by atomic mass is 10.2. The lowest BCUT2D eigenvalue weighted by Gasteiger charge is -2.23. The van der Waals surface area contributed by atoms with E-state index < -0.39 is 0 Å². The van der Waals surface area contributed by atoms with Crippen LogP contribution in [0.5, 0.6) is 0 Å². The minimum atomic E-state index is -0.0731. The van der Waals surface area contributed by atoms with Crippen molar-refractivity contribution in [2.45, 2.75) is 5.37 Å². The van der Waals surface area contributed by atoms with Crippen LogP contribution in [-0.2, 0) is 0 Å². The Bertz CT molecular complexity index is 834. The number of carbonyl (C=O) groups is 1. The van der Waals surface area contributed by atoms with E-state index in [1.165, 1.54) is 4.80 Å². The Balaban J connectivity index is 1.58. The number of hydrogen-bond donors (Lipinski definition) is 0. The first-order chi connectivity index (χ1) is 11.8. The Hall–Kier alpha value is -2.60. The van der Waals surface area contributed by atoms with Gasteiger partial charge in [-0.05, 0) is 17.7 Å². The van der Waals surface area contributed by atoms with Gasteiger partial charge >= 0.3 is 0 Å². The second-order valence-corrected chi connectivity index (χ2v) is 6.68. The maximum Gasteiger partial charge on any atom is 0.277 e. The third-order valence-corrected chi connectivity index (χ3v) is 5.20. The van der Waals surface area contributed by atoms with Crippen molar-refractivity contribution in [3.05, 3.63) is 78.1 Å². The standard InChI is InChI=1S/C18H16N4OS/c23-17(16-13-19-22(20-16)15-9-5-2-6-10-15)21-11-12-24-18(21)14-7-3-1-4-8-14/h1-10,13,18H,11-12H2. The molecule has 1 unspecified atom stereocenters. The molecule has 0 aliphatic carbocycles. The van der Waals surface area contributed by atoms with Gasteiger partial charge in [-0.2, -0.15) is 9.90 Å². The highest BCUT2D eigenvalue weighted by molar-refractivity contribution is 7.99. The van der Waals surface area contributed by atoms with E-state index in [0.29, 0.717) is 5.69 Å². The minimum Gasteiger partial charge on any atom is -0.320 e. The third kappa shape index (κ3) is 2.80. The van der Waals surface area contributed by atoms with E-state index in [4.69, 9.17) is 0 Å². The van der Waals surface area contributed by atoms with Gasteiger partial charge in [0.05, 0.1) is 11.9 Å². The van der Waals surface area contributed by atoms with Gasteiger partial charge in [-0.3, -0.25) is 4.79 Å². The number of amides is 1.